The van der Waals surface area contributed by atoms with Crippen LogP contribution in [0.2, 0.25) is 5.02 Å². The number of rotatable bonds is 9. The highest BCUT2D eigenvalue weighted by atomic mass is 35.5. The lowest BCUT2D eigenvalue weighted by Gasteiger charge is -2.11. The van der Waals surface area contributed by atoms with E-state index in [2.05, 4.69) is 5.16 Å². The molecule has 154 valence electrons. The van der Waals surface area contributed by atoms with Gasteiger partial charge in [0.15, 0.2) is 11.5 Å². The molecule has 0 aliphatic carbocycles. The Labute approximate surface area is 178 Å². The van der Waals surface area contributed by atoms with Crippen molar-refractivity contribution in [2.75, 3.05) is 7.11 Å². The Kier molecular flexibility index (Phi) is 7.24. The number of nitro groups is 1. The van der Waals surface area contributed by atoms with Crippen molar-refractivity contribution in [3.63, 3.8) is 0 Å². The van der Waals surface area contributed by atoms with Crippen molar-refractivity contribution in [2.24, 2.45) is 5.16 Å². The smallest absolute Gasteiger partial charge is 0.269 e. The molecule has 0 N–H and O–H groups in total. The van der Waals surface area contributed by atoms with E-state index < -0.39 is 4.92 Å². The van der Waals surface area contributed by atoms with Crippen LogP contribution in [0.5, 0.6) is 11.5 Å². The molecule has 30 heavy (non-hydrogen) atoms. The maximum absolute atomic E-state index is 10.8. The van der Waals surface area contributed by atoms with Gasteiger partial charge in [-0.3, -0.25) is 10.1 Å². The van der Waals surface area contributed by atoms with Gasteiger partial charge < -0.3 is 14.3 Å². The van der Waals surface area contributed by atoms with Crippen LogP contribution in [0.15, 0.2) is 71.9 Å². The fourth-order valence-corrected chi connectivity index (χ4v) is 2.72. The van der Waals surface area contributed by atoms with E-state index in [9.17, 15) is 10.1 Å². The van der Waals surface area contributed by atoms with Crippen LogP contribution in [0, 0.1) is 10.1 Å². The first-order valence-electron chi connectivity index (χ1n) is 8.99. The fraction of sp³-hybridized carbons (Fsp3) is 0.136. The number of halogens is 1. The lowest BCUT2D eigenvalue weighted by molar-refractivity contribution is -0.384. The van der Waals surface area contributed by atoms with Crippen LogP contribution in [0.25, 0.3) is 0 Å². The third-order valence-corrected chi connectivity index (χ3v) is 4.38. The molecular formula is C22H19ClN2O5. The van der Waals surface area contributed by atoms with Crippen LogP contribution in [0.4, 0.5) is 5.69 Å². The van der Waals surface area contributed by atoms with Gasteiger partial charge in [0.05, 0.1) is 18.2 Å². The van der Waals surface area contributed by atoms with Gasteiger partial charge >= 0.3 is 0 Å². The van der Waals surface area contributed by atoms with Crippen molar-refractivity contribution in [1.82, 2.24) is 0 Å². The molecule has 0 saturated heterocycles. The number of hydrogen-bond donors (Lipinski definition) is 0. The van der Waals surface area contributed by atoms with Crippen molar-refractivity contribution in [3.8, 4) is 11.5 Å². The molecule has 0 aromatic heterocycles. The highest BCUT2D eigenvalue weighted by molar-refractivity contribution is 6.30. The molecule has 0 aliphatic rings. The molecule has 0 atom stereocenters. The average Bonchev–Trinajstić information content (AvgIpc) is 2.77. The number of hydrogen-bond acceptors (Lipinski definition) is 6. The summed E-state index contributed by atoms with van der Waals surface area (Å²) in [4.78, 5) is 15.6. The van der Waals surface area contributed by atoms with Crippen molar-refractivity contribution in [1.29, 1.82) is 0 Å². The monoisotopic (exact) mass is 426 g/mol. The zero-order valence-corrected chi connectivity index (χ0v) is 16.9. The summed E-state index contributed by atoms with van der Waals surface area (Å²) in [6.45, 7) is 0.505. The summed E-state index contributed by atoms with van der Waals surface area (Å²) >= 11 is 5.89. The predicted octanol–water partition coefficient (Wildman–Crippen LogP) is 5.39. The summed E-state index contributed by atoms with van der Waals surface area (Å²) in [5.41, 5.74) is 2.41. The van der Waals surface area contributed by atoms with E-state index in [1.54, 1.807) is 31.4 Å². The molecule has 0 heterocycles. The summed E-state index contributed by atoms with van der Waals surface area (Å²) in [5, 5.41) is 15.4. The van der Waals surface area contributed by atoms with E-state index in [1.165, 1.54) is 18.3 Å². The SMILES string of the molecule is COc1cc(/C=N/OCc2cccc([N+](=O)[O-])c2)ccc1OCc1ccc(Cl)cc1. The zero-order chi connectivity index (χ0) is 21.3. The minimum atomic E-state index is -0.449. The molecule has 0 fully saturated rings. The molecule has 0 aliphatic heterocycles. The molecule has 3 aromatic rings. The molecule has 0 bridgehead atoms. The number of nitro benzene ring substituents is 1. The van der Waals surface area contributed by atoms with E-state index in [0.717, 1.165) is 11.1 Å². The summed E-state index contributed by atoms with van der Waals surface area (Å²) in [5.74, 6) is 1.16. The van der Waals surface area contributed by atoms with Crippen molar-refractivity contribution in [2.45, 2.75) is 13.2 Å². The lowest BCUT2D eigenvalue weighted by Crippen LogP contribution is -1.98. The highest BCUT2D eigenvalue weighted by Gasteiger charge is 2.07. The Morgan fingerprint density at radius 1 is 1.00 bits per heavy atom. The Hall–Kier alpha value is -3.58. The summed E-state index contributed by atoms with van der Waals surface area (Å²) in [6, 6.07) is 19.0. The first-order valence-corrected chi connectivity index (χ1v) is 9.37. The van der Waals surface area contributed by atoms with Crippen molar-refractivity contribution >= 4 is 23.5 Å². The minimum absolute atomic E-state index is 0.0130. The quantitative estimate of drug-likeness (QED) is 0.260. The topological polar surface area (TPSA) is 83.2 Å². The Balaban J connectivity index is 1.58. The van der Waals surface area contributed by atoms with Gasteiger partial charge in [0.2, 0.25) is 0 Å². The Morgan fingerprint density at radius 3 is 2.53 bits per heavy atom. The predicted molar refractivity (Wildman–Crippen MR) is 114 cm³/mol. The third-order valence-electron chi connectivity index (χ3n) is 4.12. The van der Waals surface area contributed by atoms with Gasteiger partial charge in [0.1, 0.15) is 13.2 Å². The Morgan fingerprint density at radius 2 is 1.80 bits per heavy atom. The van der Waals surface area contributed by atoms with Crippen LogP contribution < -0.4 is 9.47 Å². The minimum Gasteiger partial charge on any atom is -0.493 e. The number of non-ortho nitro benzene ring substituents is 1. The van der Waals surface area contributed by atoms with Crippen molar-refractivity contribution in [3.05, 3.63) is 98.6 Å². The summed E-state index contributed by atoms with van der Waals surface area (Å²) in [7, 11) is 1.56. The Bertz CT molecular complexity index is 1040. The number of oxime groups is 1. The molecule has 0 spiro atoms. The van der Waals surface area contributed by atoms with Crippen molar-refractivity contribution < 1.29 is 19.2 Å². The van der Waals surface area contributed by atoms with Gasteiger partial charge in [-0.25, -0.2) is 0 Å². The van der Waals surface area contributed by atoms with Crippen LogP contribution in [-0.2, 0) is 18.1 Å². The largest absolute Gasteiger partial charge is 0.493 e. The first-order chi connectivity index (χ1) is 14.5. The molecule has 0 amide bonds. The zero-order valence-electron chi connectivity index (χ0n) is 16.2. The summed E-state index contributed by atoms with van der Waals surface area (Å²) < 4.78 is 11.2. The van der Waals surface area contributed by atoms with E-state index in [0.29, 0.717) is 28.7 Å². The van der Waals surface area contributed by atoms with E-state index in [4.69, 9.17) is 25.9 Å². The number of methoxy groups -OCH3 is 1. The second-order valence-corrected chi connectivity index (χ2v) is 6.70. The molecule has 0 saturated carbocycles. The molecule has 8 heteroatoms. The van der Waals surface area contributed by atoms with E-state index >= 15 is 0 Å². The molecular weight excluding hydrogens is 408 g/mol. The molecule has 0 radical (unpaired) electrons. The molecule has 3 rings (SSSR count). The van der Waals surface area contributed by atoms with Crippen LogP contribution >= 0.6 is 11.6 Å². The lowest BCUT2D eigenvalue weighted by atomic mass is 10.2. The first kappa shape index (κ1) is 21.1. The van der Waals surface area contributed by atoms with Gasteiger partial charge in [-0.2, -0.15) is 0 Å². The summed E-state index contributed by atoms with van der Waals surface area (Å²) in [6.07, 6.45) is 1.53. The highest BCUT2D eigenvalue weighted by Crippen LogP contribution is 2.28. The van der Waals surface area contributed by atoms with Crippen LogP contribution in [0.3, 0.4) is 0 Å². The maximum Gasteiger partial charge on any atom is 0.269 e. The fourth-order valence-electron chi connectivity index (χ4n) is 2.60. The number of nitrogens with zero attached hydrogens (tertiary/aromatic N) is 2. The average molecular weight is 427 g/mol. The standard InChI is InChI=1S/C22H19ClN2O5/c1-28-22-12-17(7-10-21(22)29-14-16-5-8-19(23)9-6-16)13-24-30-15-18-3-2-4-20(11-18)25(26)27/h2-13H,14-15H2,1H3/b24-13+. The van der Waals surface area contributed by atoms with Gasteiger partial charge in [0, 0.05) is 22.7 Å². The molecule has 7 nitrogen and oxygen atoms in total. The molecule has 3 aromatic carbocycles. The van der Waals surface area contributed by atoms with Gasteiger partial charge in [-0.05, 0) is 41.5 Å². The van der Waals surface area contributed by atoms with Gasteiger partial charge in [-0.15, -0.1) is 0 Å². The normalized spacial score (nSPS) is 10.7. The van der Waals surface area contributed by atoms with Crippen LogP contribution in [0.1, 0.15) is 16.7 Å². The number of benzene rings is 3. The molecule has 0 unspecified atom stereocenters. The van der Waals surface area contributed by atoms with Gasteiger partial charge in [0.25, 0.3) is 5.69 Å². The van der Waals surface area contributed by atoms with Gasteiger partial charge in [-0.1, -0.05) is 41.0 Å². The second-order valence-electron chi connectivity index (χ2n) is 6.26. The number of ether oxygens (including phenoxy) is 2. The maximum atomic E-state index is 10.8. The third kappa shape index (κ3) is 5.96. The second kappa shape index (κ2) is 10.3. The van der Waals surface area contributed by atoms with Crippen LogP contribution in [-0.4, -0.2) is 18.2 Å². The van der Waals surface area contributed by atoms with E-state index in [-0.39, 0.29) is 12.3 Å². The van der Waals surface area contributed by atoms with E-state index in [1.807, 2.05) is 30.3 Å².